The van der Waals surface area contributed by atoms with Gasteiger partial charge in [-0.05, 0) is 13.3 Å². The summed E-state index contributed by atoms with van der Waals surface area (Å²) in [6.45, 7) is 3.79. The third-order valence-corrected chi connectivity index (χ3v) is 1.95. The number of hydrogen-bond donors (Lipinski definition) is 2. The summed E-state index contributed by atoms with van der Waals surface area (Å²) >= 11 is 0. The number of aromatic amines is 1. The van der Waals surface area contributed by atoms with Crippen LogP contribution in [0.1, 0.15) is 26.1 Å². The molecule has 3 N–H and O–H groups in total. The molecule has 0 aliphatic carbocycles. The van der Waals surface area contributed by atoms with Gasteiger partial charge in [-0.3, -0.25) is 4.79 Å². The van der Waals surface area contributed by atoms with Gasteiger partial charge in [-0.1, -0.05) is 6.92 Å². The first-order valence-corrected chi connectivity index (χ1v) is 3.91. The van der Waals surface area contributed by atoms with Gasteiger partial charge in [0.1, 0.15) is 5.82 Å². The Morgan fingerprint density at radius 1 is 1.75 bits per heavy atom. The highest BCUT2D eigenvalue weighted by Crippen LogP contribution is 2.14. The number of nitrogens with two attached hydrogens (primary N) is 1. The van der Waals surface area contributed by atoms with Crippen molar-refractivity contribution in [3.63, 3.8) is 0 Å². The van der Waals surface area contributed by atoms with Gasteiger partial charge < -0.3 is 10.7 Å². The molecule has 1 heterocycles. The van der Waals surface area contributed by atoms with E-state index in [1.54, 1.807) is 0 Å². The van der Waals surface area contributed by atoms with Crippen LogP contribution in [-0.2, 0) is 5.54 Å². The lowest BCUT2D eigenvalue weighted by Crippen LogP contribution is -2.35. The Balaban J connectivity index is 3.11. The highest BCUT2D eigenvalue weighted by molar-refractivity contribution is 5.02. The predicted octanol–water partition coefficient (Wildman–Crippen LogP) is 0.354. The van der Waals surface area contributed by atoms with Crippen molar-refractivity contribution in [3.8, 4) is 0 Å². The zero-order chi connectivity index (χ0) is 9.19. The van der Waals surface area contributed by atoms with Crippen LogP contribution in [0, 0.1) is 0 Å². The number of rotatable bonds is 2. The Hall–Kier alpha value is -1.16. The fraction of sp³-hybridized carbons (Fsp3) is 0.500. The van der Waals surface area contributed by atoms with Crippen LogP contribution >= 0.6 is 0 Å². The molecule has 0 unspecified atom stereocenters. The molecular weight excluding hydrogens is 154 g/mol. The minimum absolute atomic E-state index is 0.162. The normalized spacial score (nSPS) is 15.6. The van der Waals surface area contributed by atoms with Crippen LogP contribution < -0.4 is 11.3 Å². The van der Waals surface area contributed by atoms with E-state index in [2.05, 4.69) is 9.97 Å². The molecule has 66 valence electrons. The van der Waals surface area contributed by atoms with Crippen molar-refractivity contribution in [2.75, 3.05) is 0 Å². The number of nitrogens with zero attached hydrogens (tertiary/aromatic N) is 1. The maximum Gasteiger partial charge on any atom is 0.250 e. The lowest BCUT2D eigenvalue weighted by molar-refractivity contribution is 0.444. The Morgan fingerprint density at radius 3 is 2.92 bits per heavy atom. The van der Waals surface area contributed by atoms with Crippen molar-refractivity contribution in [2.24, 2.45) is 5.73 Å². The van der Waals surface area contributed by atoms with Crippen molar-refractivity contribution in [1.82, 2.24) is 9.97 Å². The van der Waals surface area contributed by atoms with Gasteiger partial charge in [0.2, 0.25) is 0 Å². The maximum absolute atomic E-state index is 10.9. The van der Waals surface area contributed by atoms with E-state index < -0.39 is 5.54 Å². The number of H-pyrrole nitrogens is 1. The second-order valence-electron chi connectivity index (χ2n) is 3.05. The number of aromatic nitrogens is 2. The average Bonchev–Trinajstić information content (AvgIpc) is 2.05. The molecule has 4 heteroatoms. The Morgan fingerprint density at radius 2 is 2.42 bits per heavy atom. The molecule has 1 aromatic heterocycles. The Bertz CT molecular complexity index is 316. The number of nitrogens with one attached hydrogen (secondary N) is 1. The fourth-order valence-corrected chi connectivity index (χ4v) is 0.828. The molecule has 0 saturated carbocycles. The monoisotopic (exact) mass is 167 g/mol. The summed E-state index contributed by atoms with van der Waals surface area (Å²) in [5.74, 6) is 0.539. The van der Waals surface area contributed by atoms with E-state index >= 15 is 0 Å². The smallest absolute Gasteiger partial charge is 0.250 e. The summed E-state index contributed by atoms with van der Waals surface area (Å²) in [5.41, 5.74) is 5.17. The van der Waals surface area contributed by atoms with Crippen LogP contribution in [0.4, 0.5) is 0 Å². The second kappa shape index (κ2) is 3.06. The first kappa shape index (κ1) is 8.93. The molecule has 0 bridgehead atoms. The lowest BCUT2D eigenvalue weighted by Gasteiger charge is -2.20. The first-order chi connectivity index (χ1) is 5.56. The van der Waals surface area contributed by atoms with Crippen LogP contribution in [0.5, 0.6) is 0 Å². The van der Waals surface area contributed by atoms with Gasteiger partial charge in [-0.15, -0.1) is 0 Å². The molecule has 0 aliphatic rings. The molecule has 0 fully saturated rings. The zero-order valence-electron chi connectivity index (χ0n) is 7.29. The van der Waals surface area contributed by atoms with Gasteiger partial charge >= 0.3 is 0 Å². The average molecular weight is 167 g/mol. The summed E-state index contributed by atoms with van der Waals surface area (Å²) < 4.78 is 0. The number of hydrogen-bond acceptors (Lipinski definition) is 3. The van der Waals surface area contributed by atoms with Gasteiger partial charge in [-0.25, -0.2) is 4.98 Å². The lowest BCUT2D eigenvalue weighted by atomic mass is 10.00. The summed E-state index contributed by atoms with van der Waals surface area (Å²) in [5, 5.41) is 0. The molecule has 4 nitrogen and oxygen atoms in total. The topological polar surface area (TPSA) is 71.8 Å². The molecule has 0 amide bonds. The fourth-order valence-electron chi connectivity index (χ4n) is 0.828. The van der Waals surface area contributed by atoms with Gasteiger partial charge in [0.05, 0.1) is 5.54 Å². The standard InChI is InChI=1S/C8H13N3O/c1-3-8(2,9)7-10-5-4-6(12)11-7/h4-5H,3,9H2,1-2H3,(H,10,11,12)/t8-/m0/s1. The Kier molecular flexibility index (Phi) is 2.28. The van der Waals surface area contributed by atoms with Crippen LogP contribution in [-0.4, -0.2) is 9.97 Å². The van der Waals surface area contributed by atoms with Crippen LogP contribution in [0.3, 0.4) is 0 Å². The van der Waals surface area contributed by atoms with E-state index in [1.165, 1.54) is 12.3 Å². The third-order valence-electron chi connectivity index (χ3n) is 1.95. The molecule has 1 aromatic rings. The molecule has 1 atom stereocenters. The summed E-state index contributed by atoms with van der Waals surface area (Å²) in [6, 6.07) is 1.37. The van der Waals surface area contributed by atoms with Crippen LogP contribution in [0.15, 0.2) is 17.1 Å². The summed E-state index contributed by atoms with van der Waals surface area (Å²) in [6.07, 6.45) is 2.20. The minimum atomic E-state index is -0.541. The SMILES string of the molecule is CC[C@](C)(N)c1nccc(=O)[nH]1. The van der Waals surface area contributed by atoms with E-state index in [0.29, 0.717) is 5.82 Å². The zero-order valence-corrected chi connectivity index (χ0v) is 7.29. The maximum atomic E-state index is 10.9. The minimum Gasteiger partial charge on any atom is -0.319 e. The van der Waals surface area contributed by atoms with Gasteiger partial charge in [0, 0.05) is 12.3 Å². The highest BCUT2D eigenvalue weighted by atomic mass is 16.1. The molecule has 0 aromatic carbocycles. The molecule has 0 radical (unpaired) electrons. The largest absolute Gasteiger partial charge is 0.319 e. The van der Waals surface area contributed by atoms with E-state index in [0.717, 1.165) is 6.42 Å². The Labute approximate surface area is 70.8 Å². The van der Waals surface area contributed by atoms with Crippen molar-refractivity contribution >= 4 is 0 Å². The van der Waals surface area contributed by atoms with E-state index in [9.17, 15) is 4.79 Å². The van der Waals surface area contributed by atoms with Crippen LogP contribution in [0.25, 0.3) is 0 Å². The summed E-state index contributed by atoms with van der Waals surface area (Å²) in [4.78, 5) is 17.5. The molecule has 1 rings (SSSR count). The van der Waals surface area contributed by atoms with Gasteiger partial charge in [0.25, 0.3) is 5.56 Å². The molecule has 0 aliphatic heterocycles. The molecular formula is C8H13N3O. The van der Waals surface area contributed by atoms with E-state index in [4.69, 9.17) is 5.73 Å². The predicted molar refractivity (Wildman–Crippen MR) is 46.7 cm³/mol. The highest BCUT2D eigenvalue weighted by Gasteiger charge is 2.20. The van der Waals surface area contributed by atoms with E-state index in [-0.39, 0.29) is 5.56 Å². The van der Waals surface area contributed by atoms with E-state index in [1.807, 2.05) is 13.8 Å². The second-order valence-corrected chi connectivity index (χ2v) is 3.05. The molecule has 0 spiro atoms. The molecule has 0 saturated heterocycles. The van der Waals surface area contributed by atoms with Crippen molar-refractivity contribution in [3.05, 3.63) is 28.4 Å². The van der Waals surface area contributed by atoms with Crippen molar-refractivity contribution in [2.45, 2.75) is 25.8 Å². The van der Waals surface area contributed by atoms with Crippen molar-refractivity contribution in [1.29, 1.82) is 0 Å². The van der Waals surface area contributed by atoms with Gasteiger partial charge in [-0.2, -0.15) is 0 Å². The van der Waals surface area contributed by atoms with Crippen molar-refractivity contribution < 1.29 is 0 Å². The third kappa shape index (κ3) is 1.71. The quantitative estimate of drug-likeness (QED) is 0.667. The van der Waals surface area contributed by atoms with Gasteiger partial charge in [0.15, 0.2) is 0 Å². The summed E-state index contributed by atoms with van der Waals surface area (Å²) in [7, 11) is 0. The molecule has 12 heavy (non-hydrogen) atoms. The first-order valence-electron chi connectivity index (χ1n) is 3.91. The van der Waals surface area contributed by atoms with Crippen LogP contribution in [0.2, 0.25) is 0 Å².